The number of aliphatic hydroxyl groups is 3. The highest BCUT2D eigenvalue weighted by atomic mass is 16.3. The van der Waals surface area contributed by atoms with E-state index in [0.717, 1.165) is 25.7 Å². The zero-order valence-electron chi connectivity index (χ0n) is 40.4. The van der Waals surface area contributed by atoms with Gasteiger partial charge in [-0.25, -0.2) is 0 Å². The van der Waals surface area contributed by atoms with Gasteiger partial charge in [-0.05, 0) is 12.8 Å². The van der Waals surface area contributed by atoms with Crippen molar-refractivity contribution >= 4 is 5.91 Å². The van der Waals surface area contributed by atoms with Crippen LogP contribution in [0.15, 0.2) is 0 Å². The van der Waals surface area contributed by atoms with Crippen molar-refractivity contribution in [3.8, 4) is 0 Å². The number of hydrogen-bond donors (Lipinski definition) is 4. The molecule has 0 rings (SSSR count). The normalized spacial score (nSPS) is 13.2. The van der Waals surface area contributed by atoms with Crippen LogP contribution in [0.25, 0.3) is 0 Å². The highest BCUT2D eigenvalue weighted by Crippen LogP contribution is 2.18. The van der Waals surface area contributed by atoms with Gasteiger partial charge in [0.05, 0.1) is 31.3 Å². The Morgan fingerprint density at radius 1 is 0.356 bits per heavy atom. The fraction of sp³-hybridized carbons (Fsp3) is 0.981. The van der Waals surface area contributed by atoms with Crippen LogP contribution in [0.1, 0.15) is 316 Å². The van der Waals surface area contributed by atoms with E-state index in [2.05, 4.69) is 19.2 Å². The summed E-state index contributed by atoms with van der Waals surface area (Å²) in [5.41, 5.74) is 0. The summed E-state index contributed by atoms with van der Waals surface area (Å²) in [6.45, 7) is 4.30. The number of hydrogen-bond acceptors (Lipinski definition) is 4. The van der Waals surface area contributed by atoms with Crippen LogP contribution in [-0.4, -0.2) is 46.1 Å². The third kappa shape index (κ3) is 46.7. The monoisotopic (exact) mass is 836 g/mol. The molecule has 0 fully saturated rings. The molecule has 5 heteroatoms. The van der Waals surface area contributed by atoms with E-state index in [4.69, 9.17) is 0 Å². The molecule has 0 aliphatic rings. The summed E-state index contributed by atoms with van der Waals surface area (Å²) in [7, 11) is 0. The maximum Gasteiger partial charge on any atom is 0.222 e. The second kappa shape index (κ2) is 50.0. The van der Waals surface area contributed by atoms with Gasteiger partial charge in [0.1, 0.15) is 0 Å². The number of carbonyl (C=O) groups excluding carboxylic acids is 1. The van der Waals surface area contributed by atoms with Gasteiger partial charge in [-0.15, -0.1) is 0 Å². The zero-order chi connectivity index (χ0) is 43.0. The van der Waals surface area contributed by atoms with E-state index >= 15 is 0 Å². The van der Waals surface area contributed by atoms with E-state index in [1.807, 2.05) is 0 Å². The molecule has 354 valence electrons. The van der Waals surface area contributed by atoms with Gasteiger partial charge in [0.25, 0.3) is 0 Å². The molecule has 0 aromatic rings. The molecule has 0 aliphatic heterocycles. The Labute approximate surface area is 370 Å². The van der Waals surface area contributed by atoms with Gasteiger partial charge in [0, 0.05) is 0 Å². The summed E-state index contributed by atoms with van der Waals surface area (Å²) in [5.74, 6) is -0.275. The lowest BCUT2D eigenvalue weighted by molar-refractivity contribution is -0.125. The summed E-state index contributed by atoms with van der Waals surface area (Å²) >= 11 is 0. The molecule has 0 aromatic heterocycles. The van der Waals surface area contributed by atoms with Crippen molar-refractivity contribution in [3.05, 3.63) is 0 Å². The fourth-order valence-corrected chi connectivity index (χ4v) is 9.00. The van der Waals surface area contributed by atoms with Crippen LogP contribution in [0.2, 0.25) is 0 Å². The first kappa shape index (κ1) is 58.4. The van der Waals surface area contributed by atoms with Gasteiger partial charge in [-0.3, -0.25) is 4.79 Å². The van der Waals surface area contributed by atoms with Crippen molar-refractivity contribution in [2.24, 2.45) is 0 Å². The van der Waals surface area contributed by atoms with E-state index in [1.165, 1.54) is 257 Å². The van der Waals surface area contributed by atoms with Crippen LogP contribution in [0.5, 0.6) is 0 Å². The Morgan fingerprint density at radius 3 is 0.814 bits per heavy atom. The molecule has 3 unspecified atom stereocenters. The Balaban J connectivity index is 3.48. The first-order valence-corrected chi connectivity index (χ1v) is 27.3. The Hall–Kier alpha value is -0.650. The first-order valence-electron chi connectivity index (χ1n) is 27.3. The molecular weight excluding hydrogens is 727 g/mol. The van der Waals surface area contributed by atoms with Gasteiger partial charge in [-0.1, -0.05) is 296 Å². The molecule has 1 amide bonds. The number of carbonyl (C=O) groups is 1. The largest absolute Gasteiger partial charge is 0.394 e. The summed E-state index contributed by atoms with van der Waals surface area (Å²) in [4.78, 5) is 12.5. The quantitative estimate of drug-likeness (QED) is 0.0460. The summed E-state index contributed by atoms with van der Waals surface area (Å²) < 4.78 is 0. The van der Waals surface area contributed by atoms with Crippen molar-refractivity contribution in [2.45, 2.75) is 334 Å². The molecule has 0 aliphatic carbocycles. The van der Waals surface area contributed by atoms with Crippen LogP contribution >= 0.6 is 0 Å². The highest BCUT2D eigenvalue weighted by molar-refractivity contribution is 5.76. The summed E-state index contributed by atoms with van der Waals surface area (Å²) in [6.07, 6.45) is 59.7. The lowest BCUT2D eigenvalue weighted by atomic mass is 10.0. The predicted molar refractivity (Wildman–Crippen MR) is 259 cm³/mol. The Kier molecular flexibility index (Phi) is 49.4. The molecule has 0 spiro atoms. The minimum atomic E-state index is -0.744. The van der Waals surface area contributed by atoms with Crippen LogP contribution < -0.4 is 5.32 Å². The van der Waals surface area contributed by atoms with E-state index in [0.29, 0.717) is 12.8 Å². The van der Waals surface area contributed by atoms with E-state index < -0.39 is 18.2 Å². The molecule has 4 N–H and O–H groups in total. The van der Waals surface area contributed by atoms with Crippen molar-refractivity contribution in [3.63, 3.8) is 0 Å². The fourth-order valence-electron chi connectivity index (χ4n) is 9.00. The molecule has 59 heavy (non-hydrogen) atoms. The second-order valence-corrected chi connectivity index (χ2v) is 19.2. The van der Waals surface area contributed by atoms with E-state index in [-0.39, 0.29) is 18.9 Å². The standard InChI is InChI=1S/C54H109NO4/c1-3-5-7-9-11-13-15-17-19-21-22-23-24-25-26-27-28-29-30-32-33-35-37-39-41-43-45-47-51(57)49-54(59)55-52(50-56)53(58)48-46-44-42-40-38-36-34-31-20-18-16-14-12-10-8-6-4-2/h51-53,56-58H,3-50H2,1-2H3,(H,55,59). The van der Waals surface area contributed by atoms with E-state index in [9.17, 15) is 20.1 Å². The second-order valence-electron chi connectivity index (χ2n) is 19.2. The van der Waals surface area contributed by atoms with Gasteiger partial charge in [-0.2, -0.15) is 0 Å². The molecule has 0 radical (unpaired) electrons. The molecule has 0 bridgehead atoms. The third-order valence-electron chi connectivity index (χ3n) is 13.2. The summed E-state index contributed by atoms with van der Waals surface area (Å²) in [5, 5.41) is 33.6. The number of nitrogens with one attached hydrogen (secondary N) is 1. The lowest BCUT2D eigenvalue weighted by Gasteiger charge is -2.23. The molecule has 0 saturated carbocycles. The van der Waals surface area contributed by atoms with Crippen LogP contribution in [-0.2, 0) is 4.79 Å². The molecule has 5 nitrogen and oxygen atoms in total. The molecule has 0 aromatic carbocycles. The summed E-state index contributed by atoms with van der Waals surface area (Å²) in [6, 6.07) is -0.653. The number of unbranched alkanes of at least 4 members (excludes halogenated alkanes) is 42. The Bertz CT molecular complexity index is 792. The minimum Gasteiger partial charge on any atom is -0.394 e. The molecule has 0 heterocycles. The van der Waals surface area contributed by atoms with Crippen molar-refractivity contribution in [2.75, 3.05) is 6.61 Å². The molecule has 0 saturated heterocycles. The Morgan fingerprint density at radius 2 is 0.576 bits per heavy atom. The predicted octanol–water partition coefficient (Wildman–Crippen LogP) is 16.6. The zero-order valence-corrected chi connectivity index (χ0v) is 40.4. The maximum absolute atomic E-state index is 12.5. The maximum atomic E-state index is 12.5. The number of rotatable bonds is 51. The lowest BCUT2D eigenvalue weighted by Crippen LogP contribution is -2.46. The number of aliphatic hydroxyl groups excluding tert-OH is 3. The third-order valence-corrected chi connectivity index (χ3v) is 13.2. The van der Waals surface area contributed by atoms with Crippen molar-refractivity contribution in [1.29, 1.82) is 0 Å². The SMILES string of the molecule is CCCCCCCCCCCCCCCCCCCCCCCCCCCCCC(O)CC(=O)NC(CO)C(O)CCCCCCCCCCCCCCCCCCC. The average Bonchev–Trinajstić information content (AvgIpc) is 3.23. The smallest absolute Gasteiger partial charge is 0.222 e. The number of amides is 1. The van der Waals surface area contributed by atoms with Gasteiger partial charge >= 0.3 is 0 Å². The van der Waals surface area contributed by atoms with Crippen molar-refractivity contribution < 1.29 is 20.1 Å². The minimum absolute atomic E-state index is 0.0435. The van der Waals surface area contributed by atoms with Crippen LogP contribution in [0.4, 0.5) is 0 Å². The molecular formula is C54H109NO4. The first-order chi connectivity index (χ1) is 29.0. The van der Waals surface area contributed by atoms with Gasteiger partial charge in [0.2, 0.25) is 5.91 Å². The van der Waals surface area contributed by atoms with Crippen molar-refractivity contribution in [1.82, 2.24) is 5.32 Å². The molecule has 3 atom stereocenters. The van der Waals surface area contributed by atoms with Crippen LogP contribution in [0.3, 0.4) is 0 Å². The average molecular weight is 836 g/mol. The van der Waals surface area contributed by atoms with E-state index in [1.54, 1.807) is 0 Å². The highest BCUT2D eigenvalue weighted by Gasteiger charge is 2.21. The topological polar surface area (TPSA) is 89.8 Å². The van der Waals surface area contributed by atoms with Gasteiger partial charge in [0.15, 0.2) is 0 Å². The van der Waals surface area contributed by atoms with Crippen LogP contribution in [0, 0.1) is 0 Å². The van der Waals surface area contributed by atoms with Gasteiger partial charge < -0.3 is 20.6 Å².